The van der Waals surface area contributed by atoms with Crippen molar-refractivity contribution in [3.8, 4) is 11.3 Å². The van der Waals surface area contributed by atoms with Crippen molar-refractivity contribution in [1.82, 2.24) is 24.8 Å². The van der Waals surface area contributed by atoms with Crippen LogP contribution in [0.2, 0.25) is 0 Å². The number of likely N-dealkylation sites (N-methyl/N-ethyl adjacent to an activating group) is 1. The maximum absolute atomic E-state index is 12.9. The van der Waals surface area contributed by atoms with E-state index in [-0.39, 0.29) is 5.91 Å². The molecule has 0 atom stereocenters. The van der Waals surface area contributed by atoms with Crippen LogP contribution < -0.4 is 10.6 Å². The summed E-state index contributed by atoms with van der Waals surface area (Å²) >= 11 is 0. The number of carbonyl (C=O) groups is 1. The summed E-state index contributed by atoms with van der Waals surface area (Å²) in [6.07, 6.45) is 3.38. The summed E-state index contributed by atoms with van der Waals surface area (Å²) in [6, 6.07) is 21.5. The number of hydrogen-bond acceptors (Lipinski definition) is 7. The van der Waals surface area contributed by atoms with Crippen LogP contribution in [0.25, 0.3) is 11.3 Å². The SMILES string of the molecule is CCN1CCN(Cc2ccc(C(=O)Nc3cnc(C)c(Nc4nccc(-c5ccccc5)n4)c3)cc2)CC1. The molecule has 3 heterocycles. The molecule has 8 heteroatoms. The first-order chi connectivity index (χ1) is 18.6. The molecule has 1 amide bonds. The molecule has 0 unspecified atom stereocenters. The first kappa shape index (κ1) is 25.5. The fraction of sp³-hybridized carbons (Fsp3) is 0.267. The van der Waals surface area contributed by atoms with Gasteiger partial charge in [-0.2, -0.15) is 0 Å². The minimum atomic E-state index is -0.174. The Kier molecular flexibility index (Phi) is 8.01. The van der Waals surface area contributed by atoms with Crippen LogP contribution in [0, 0.1) is 6.92 Å². The Bertz CT molecular complexity index is 1370. The normalized spacial score (nSPS) is 14.3. The second-order valence-electron chi connectivity index (χ2n) is 9.47. The summed E-state index contributed by atoms with van der Waals surface area (Å²) in [7, 11) is 0. The van der Waals surface area contributed by atoms with Gasteiger partial charge in [0.2, 0.25) is 5.95 Å². The predicted molar refractivity (Wildman–Crippen MR) is 152 cm³/mol. The average molecular weight is 508 g/mol. The second kappa shape index (κ2) is 11.9. The van der Waals surface area contributed by atoms with E-state index in [1.54, 1.807) is 12.4 Å². The zero-order valence-corrected chi connectivity index (χ0v) is 21.9. The van der Waals surface area contributed by atoms with Crippen molar-refractivity contribution in [3.63, 3.8) is 0 Å². The first-order valence-corrected chi connectivity index (χ1v) is 13.0. The number of pyridine rings is 1. The number of nitrogens with one attached hydrogen (secondary N) is 2. The Hall–Kier alpha value is -4.14. The molecule has 8 nitrogen and oxygen atoms in total. The Morgan fingerprint density at radius 3 is 2.39 bits per heavy atom. The number of aromatic nitrogens is 3. The van der Waals surface area contributed by atoms with Gasteiger partial charge in [-0.15, -0.1) is 0 Å². The number of anilines is 3. The van der Waals surface area contributed by atoms with E-state index < -0.39 is 0 Å². The zero-order valence-electron chi connectivity index (χ0n) is 21.9. The van der Waals surface area contributed by atoms with Crippen LogP contribution in [-0.4, -0.2) is 63.4 Å². The summed E-state index contributed by atoms with van der Waals surface area (Å²) < 4.78 is 0. The maximum atomic E-state index is 12.9. The van der Waals surface area contributed by atoms with Gasteiger partial charge in [0, 0.05) is 50.0 Å². The van der Waals surface area contributed by atoms with Crippen molar-refractivity contribution in [1.29, 1.82) is 0 Å². The standard InChI is InChI=1S/C30H33N7O/c1-3-36-15-17-37(18-16-36)21-23-9-11-25(12-10-23)29(38)33-26-19-28(22(2)32-20-26)35-30-31-14-13-27(34-30)24-7-5-4-6-8-24/h4-14,19-20H,3,15-18,21H2,1-2H3,(H,33,38)(H,31,34,35). The third kappa shape index (κ3) is 6.40. The Morgan fingerprint density at radius 2 is 1.66 bits per heavy atom. The van der Waals surface area contributed by atoms with Crippen LogP contribution in [0.1, 0.15) is 28.5 Å². The van der Waals surface area contributed by atoms with Gasteiger partial charge in [0.1, 0.15) is 0 Å². The zero-order chi connectivity index (χ0) is 26.3. The third-order valence-corrected chi connectivity index (χ3v) is 6.85. The number of rotatable bonds is 8. The van der Waals surface area contributed by atoms with E-state index in [0.717, 1.165) is 61.9 Å². The van der Waals surface area contributed by atoms with E-state index >= 15 is 0 Å². The van der Waals surface area contributed by atoms with Crippen LogP contribution in [0.5, 0.6) is 0 Å². The molecule has 194 valence electrons. The molecule has 1 aliphatic rings. The molecule has 1 saturated heterocycles. The highest BCUT2D eigenvalue weighted by Crippen LogP contribution is 2.23. The van der Waals surface area contributed by atoms with E-state index in [1.807, 2.05) is 73.7 Å². The molecule has 1 fully saturated rings. The van der Waals surface area contributed by atoms with Crippen molar-refractivity contribution < 1.29 is 4.79 Å². The lowest BCUT2D eigenvalue weighted by Gasteiger charge is -2.34. The van der Waals surface area contributed by atoms with Crippen molar-refractivity contribution in [2.75, 3.05) is 43.4 Å². The molecule has 1 aliphatic heterocycles. The monoisotopic (exact) mass is 507 g/mol. The number of hydrogen-bond donors (Lipinski definition) is 2. The highest BCUT2D eigenvalue weighted by atomic mass is 16.1. The number of benzene rings is 2. The van der Waals surface area contributed by atoms with Gasteiger partial charge in [-0.3, -0.25) is 14.7 Å². The Labute approximate surface area is 223 Å². The minimum absolute atomic E-state index is 0.174. The molecule has 38 heavy (non-hydrogen) atoms. The van der Waals surface area contributed by atoms with Crippen molar-refractivity contribution in [2.24, 2.45) is 0 Å². The summed E-state index contributed by atoms with van der Waals surface area (Å²) in [5.74, 6) is 0.290. The van der Waals surface area contributed by atoms with E-state index in [0.29, 0.717) is 17.2 Å². The van der Waals surface area contributed by atoms with Crippen LogP contribution in [0.15, 0.2) is 79.1 Å². The topological polar surface area (TPSA) is 86.3 Å². The molecule has 2 aromatic carbocycles. The molecular weight excluding hydrogens is 474 g/mol. The van der Waals surface area contributed by atoms with E-state index in [9.17, 15) is 4.79 Å². The number of carbonyl (C=O) groups excluding carboxylic acids is 1. The first-order valence-electron chi connectivity index (χ1n) is 13.0. The van der Waals surface area contributed by atoms with Gasteiger partial charge in [0.25, 0.3) is 5.91 Å². The molecular formula is C30H33N7O. The second-order valence-corrected chi connectivity index (χ2v) is 9.47. The van der Waals surface area contributed by atoms with Crippen LogP contribution in [0.4, 0.5) is 17.3 Å². The Morgan fingerprint density at radius 1 is 0.921 bits per heavy atom. The fourth-order valence-electron chi connectivity index (χ4n) is 4.52. The van der Waals surface area contributed by atoms with Crippen molar-refractivity contribution in [2.45, 2.75) is 20.4 Å². The van der Waals surface area contributed by atoms with Gasteiger partial charge in [-0.1, -0.05) is 49.4 Å². The van der Waals surface area contributed by atoms with Gasteiger partial charge in [0.05, 0.1) is 29.0 Å². The van der Waals surface area contributed by atoms with Gasteiger partial charge in [-0.25, -0.2) is 9.97 Å². The molecule has 5 rings (SSSR count). The molecule has 2 aromatic heterocycles. The van der Waals surface area contributed by atoms with E-state index in [1.165, 1.54) is 5.56 Å². The summed E-state index contributed by atoms with van der Waals surface area (Å²) in [5, 5.41) is 6.21. The molecule has 0 saturated carbocycles. The van der Waals surface area contributed by atoms with Crippen molar-refractivity contribution >= 4 is 23.2 Å². The van der Waals surface area contributed by atoms with Crippen LogP contribution >= 0.6 is 0 Å². The predicted octanol–water partition coefficient (Wildman–Crippen LogP) is 4.98. The Balaban J connectivity index is 1.22. The van der Waals surface area contributed by atoms with Gasteiger partial charge in [-0.05, 0) is 43.3 Å². The molecule has 0 radical (unpaired) electrons. The lowest BCUT2D eigenvalue weighted by atomic mass is 10.1. The molecule has 0 aliphatic carbocycles. The van der Waals surface area contributed by atoms with Gasteiger partial charge < -0.3 is 15.5 Å². The number of aryl methyl sites for hydroxylation is 1. The summed E-state index contributed by atoms with van der Waals surface area (Å²) in [6.45, 7) is 10.5. The van der Waals surface area contributed by atoms with Crippen LogP contribution in [0.3, 0.4) is 0 Å². The van der Waals surface area contributed by atoms with Gasteiger partial charge >= 0.3 is 0 Å². The molecule has 0 bridgehead atoms. The molecule has 4 aromatic rings. The lowest BCUT2D eigenvalue weighted by molar-refractivity contribution is 0.102. The smallest absolute Gasteiger partial charge is 0.255 e. The van der Waals surface area contributed by atoms with E-state index in [4.69, 9.17) is 0 Å². The minimum Gasteiger partial charge on any atom is -0.322 e. The van der Waals surface area contributed by atoms with Gasteiger partial charge in [0.15, 0.2) is 0 Å². The fourth-order valence-corrected chi connectivity index (χ4v) is 4.52. The average Bonchev–Trinajstić information content (AvgIpc) is 2.96. The number of piperazine rings is 1. The lowest BCUT2D eigenvalue weighted by Crippen LogP contribution is -2.45. The summed E-state index contributed by atoms with van der Waals surface area (Å²) in [5.41, 5.74) is 5.77. The van der Waals surface area contributed by atoms with Crippen molar-refractivity contribution in [3.05, 3.63) is 95.9 Å². The molecule has 2 N–H and O–H groups in total. The van der Waals surface area contributed by atoms with E-state index in [2.05, 4.69) is 42.3 Å². The highest BCUT2D eigenvalue weighted by molar-refractivity contribution is 6.04. The van der Waals surface area contributed by atoms with Crippen LogP contribution in [-0.2, 0) is 6.54 Å². The summed E-state index contributed by atoms with van der Waals surface area (Å²) in [4.78, 5) is 31.3. The highest BCUT2D eigenvalue weighted by Gasteiger charge is 2.16. The number of nitrogens with zero attached hydrogens (tertiary/aromatic N) is 5. The number of amides is 1. The third-order valence-electron chi connectivity index (χ3n) is 6.85. The quantitative estimate of drug-likeness (QED) is 0.348. The molecule has 0 spiro atoms. The largest absolute Gasteiger partial charge is 0.322 e. The maximum Gasteiger partial charge on any atom is 0.255 e.